The number of anilines is 1. The molecule has 2 N–H and O–H groups in total. The summed E-state index contributed by atoms with van der Waals surface area (Å²) >= 11 is 0. The van der Waals surface area contributed by atoms with Gasteiger partial charge in [0.05, 0.1) is 34.9 Å². The molecule has 0 bridgehead atoms. The van der Waals surface area contributed by atoms with Crippen molar-refractivity contribution in [1.29, 1.82) is 0 Å². The Kier molecular flexibility index (Phi) is 6.73. The molecule has 160 valence electrons. The summed E-state index contributed by atoms with van der Waals surface area (Å²) in [5, 5.41) is 2.79. The molecule has 1 aliphatic heterocycles. The van der Waals surface area contributed by atoms with Crippen molar-refractivity contribution < 1.29 is 27.5 Å². The molecular formula is C21H24N2O6S. The van der Waals surface area contributed by atoms with Gasteiger partial charge >= 0.3 is 5.97 Å². The standard InChI is InChI=1S/C21H24N2O6S/c1-14-9-10-15(21(25)28-2)12-19(14)30(26,27)23-18-8-4-3-7-17(18)20(24)22-13-16-6-5-11-29-16/h3-4,7-10,12,16,23H,5-6,11,13H2,1-2H3,(H,22,24). The molecule has 1 unspecified atom stereocenters. The molecular weight excluding hydrogens is 408 g/mol. The molecule has 9 heteroatoms. The van der Waals surface area contributed by atoms with Gasteiger partial charge in [0.2, 0.25) is 0 Å². The Balaban J connectivity index is 1.83. The first kappa shape index (κ1) is 21.8. The Bertz CT molecular complexity index is 1050. The van der Waals surface area contributed by atoms with E-state index in [1.807, 2.05) is 0 Å². The number of sulfonamides is 1. The van der Waals surface area contributed by atoms with Crippen LogP contribution in [0.5, 0.6) is 0 Å². The van der Waals surface area contributed by atoms with E-state index in [0.717, 1.165) is 12.8 Å². The topological polar surface area (TPSA) is 111 Å². The second-order valence-corrected chi connectivity index (χ2v) is 8.62. The van der Waals surface area contributed by atoms with E-state index in [9.17, 15) is 18.0 Å². The van der Waals surface area contributed by atoms with Crippen molar-refractivity contribution in [3.8, 4) is 0 Å². The number of benzene rings is 2. The number of esters is 1. The van der Waals surface area contributed by atoms with Gasteiger partial charge in [-0.05, 0) is 49.6 Å². The molecule has 30 heavy (non-hydrogen) atoms. The van der Waals surface area contributed by atoms with Gasteiger partial charge in [-0.1, -0.05) is 18.2 Å². The second kappa shape index (κ2) is 9.27. The van der Waals surface area contributed by atoms with Crippen LogP contribution in [0.4, 0.5) is 5.69 Å². The van der Waals surface area contributed by atoms with E-state index in [-0.39, 0.29) is 27.8 Å². The quantitative estimate of drug-likeness (QED) is 0.651. The molecule has 0 aromatic heterocycles. The van der Waals surface area contributed by atoms with Crippen LogP contribution in [-0.4, -0.2) is 46.7 Å². The maximum absolute atomic E-state index is 13.0. The minimum absolute atomic E-state index is 0.0264. The van der Waals surface area contributed by atoms with Gasteiger partial charge in [-0.3, -0.25) is 9.52 Å². The zero-order chi connectivity index (χ0) is 21.7. The Labute approximate surface area is 175 Å². The lowest BCUT2D eigenvalue weighted by Crippen LogP contribution is -2.32. The molecule has 1 heterocycles. The highest BCUT2D eigenvalue weighted by Crippen LogP contribution is 2.24. The van der Waals surface area contributed by atoms with Gasteiger partial charge < -0.3 is 14.8 Å². The highest BCUT2D eigenvalue weighted by Gasteiger charge is 2.23. The summed E-state index contributed by atoms with van der Waals surface area (Å²) in [6, 6.07) is 10.6. The lowest BCUT2D eigenvalue weighted by atomic mass is 10.1. The summed E-state index contributed by atoms with van der Waals surface area (Å²) in [6.07, 6.45) is 1.81. The molecule has 1 amide bonds. The number of hydrogen-bond donors (Lipinski definition) is 2. The number of hydrogen-bond acceptors (Lipinski definition) is 6. The maximum Gasteiger partial charge on any atom is 0.337 e. The number of para-hydroxylation sites is 1. The van der Waals surface area contributed by atoms with Crippen LogP contribution in [0.15, 0.2) is 47.4 Å². The fraction of sp³-hybridized carbons (Fsp3) is 0.333. The van der Waals surface area contributed by atoms with Crippen LogP contribution < -0.4 is 10.0 Å². The van der Waals surface area contributed by atoms with Crippen molar-refractivity contribution in [2.24, 2.45) is 0 Å². The van der Waals surface area contributed by atoms with E-state index in [1.54, 1.807) is 25.1 Å². The van der Waals surface area contributed by atoms with Gasteiger partial charge in [0, 0.05) is 13.2 Å². The van der Waals surface area contributed by atoms with Crippen LogP contribution in [0.3, 0.4) is 0 Å². The minimum Gasteiger partial charge on any atom is -0.465 e. The summed E-state index contributed by atoms with van der Waals surface area (Å²) in [4.78, 5) is 24.3. The molecule has 1 fully saturated rings. The van der Waals surface area contributed by atoms with E-state index >= 15 is 0 Å². The molecule has 0 spiro atoms. The first-order valence-electron chi connectivity index (χ1n) is 9.52. The first-order chi connectivity index (χ1) is 14.3. The highest BCUT2D eigenvalue weighted by atomic mass is 32.2. The molecule has 8 nitrogen and oxygen atoms in total. The van der Waals surface area contributed by atoms with Gasteiger partial charge in [0.15, 0.2) is 0 Å². The number of rotatable bonds is 7. The van der Waals surface area contributed by atoms with Crippen molar-refractivity contribution in [2.75, 3.05) is 25.0 Å². The number of aryl methyl sites for hydroxylation is 1. The molecule has 2 aromatic carbocycles. The third-order valence-electron chi connectivity index (χ3n) is 4.83. The Morgan fingerprint density at radius 3 is 2.67 bits per heavy atom. The van der Waals surface area contributed by atoms with Crippen LogP contribution in [0.2, 0.25) is 0 Å². The van der Waals surface area contributed by atoms with E-state index in [1.165, 1.54) is 31.4 Å². The van der Waals surface area contributed by atoms with Gasteiger partial charge in [-0.25, -0.2) is 13.2 Å². The van der Waals surface area contributed by atoms with Crippen molar-refractivity contribution in [3.63, 3.8) is 0 Å². The normalized spacial score (nSPS) is 16.1. The van der Waals surface area contributed by atoms with Crippen LogP contribution >= 0.6 is 0 Å². The zero-order valence-corrected chi connectivity index (χ0v) is 17.6. The largest absolute Gasteiger partial charge is 0.465 e. The first-order valence-corrected chi connectivity index (χ1v) is 11.0. The van der Waals surface area contributed by atoms with Gasteiger partial charge in [-0.15, -0.1) is 0 Å². The summed E-state index contributed by atoms with van der Waals surface area (Å²) in [5.41, 5.74) is 0.910. The van der Waals surface area contributed by atoms with Crippen molar-refractivity contribution >= 4 is 27.6 Å². The summed E-state index contributed by atoms with van der Waals surface area (Å²) in [6.45, 7) is 2.66. The van der Waals surface area contributed by atoms with E-state index in [4.69, 9.17) is 4.74 Å². The highest BCUT2D eigenvalue weighted by molar-refractivity contribution is 7.92. The van der Waals surface area contributed by atoms with Crippen molar-refractivity contribution in [2.45, 2.75) is 30.8 Å². The predicted molar refractivity (Wildman–Crippen MR) is 111 cm³/mol. The third-order valence-corrected chi connectivity index (χ3v) is 6.34. The fourth-order valence-corrected chi connectivity index (χ4v) is 4.56. The zero-order valence-electron chi connectivity index (χ0n) is 16.8. The second-order valence-electron chi connectivity index (χ2n) is 6.97. The Hall–Kier alpha value is -2.91. The SMILES string of the molecule is COC(=O)c1ccc(C)c(S(=O)(=O)Nc2ccccc2C(=O)NCC2CCCO2)c1. The van der Waals surface area contributed by atoms with E-state index < -0.39 is 21.9 Å². The van der Waals surface area contributed by atoms with Crippen LogP contribution in [0, 0.1) is 6.92 Å². The molecule has 1 saturated heterocycles. The number of amides is 1. The maximum atomic E-state index is 13.0. The van der Waals surface area contributed by atoms with E-state index in [0.29, 0.717) is 18.7 Å². The Morgan fingerprint density at radius 2 is 1.97 bits per heavy atom. The monoisotopic (exact) mass is 432 g/mol. The molecule has 0 aliphatic carbocycles. The van der Waals surface area contributed by atoms with Gasteiger partial charge in [0.1, 0.15) is 0 Å². The van der Waals surface area contributed by atoms with Crippen LogP contribution in [0.1, 0.15) is 39.1 Å². The van der Waals surface area contributed by atoms with Crippen LogP contribution in [0.25, 0.3) is 0 Å². The smallest absolute Gasteiger partial charge is 0.337 e. The number of carbonyl (C=O) groups excluding carboxylic acids is 2. The average molecular weight is 432 g/mol. The number of methoxy groups -OCH3 is 1. The lowest BCUT2D eigenvalue weighted by Gasteiger charge is -2.15. The lowest BCUT2D eigenvalue weighted by molar-refractivity contribution is 0.0600. The van der Waals surface area contributed by atoms with Gasteiger partial charge in [0.25, 0.3) is 15.9 Å². The molecule has 0 radical (unpaired) electrons. The summed E-state index contributed by atoms with van der Waals surface area (Å²) in [5.74, 6) is -1.04. The molecule has 1 atom stereocenters. The molecule has 3 rings (SSSR count). The van der Waals surface area contributed by atoms with Gasteiger partial charge in [-0.2, -0.15) is 0 Å². The minimum atomic E-state index is -4.06. The summed E-state index contributed by atoms with van der Waals surface area (Å²) < 4.78 is 38.7. The van der Waals surface area contributed by atoms with Crippen LogP contribution in [-0.2, 0) is 19.5 Å². The molecule has 2 aromatic rings. The Morgan fingerprint density at radius 1 is 1.20 bits per heavy atom. The van der Waals surface area contributed by atoms with Crippen molar-refractivity contribution in [3.05, 3.63) is 59.2 Å². The average Bonchev–Trinajstić information content (AvgIpc) is 3.25. The van der Waals surface area contributed by atoms with E-state index in [2.05, 4.69) is 14.8 Å². The summed E-state index contributed by atoms with van der Waals surface area (Å²) in [7, 11) is -2.84. The third kappa shape index (κ3) is 4.98. The molecule has 1 aliphatic rings. The fourth-order valence-electron chi connectivity index (χ4n) is 3.21. The number of carbonyl (C=O) groups is 2. The molecule has 0 saturated carbocycles. The predicted octanol–water partition coefficient (Wildman–Crippen LogP) is 2.49. The van der Waals surface area contributed by atoms with Crippen molar-refractivity contribution in [1.82, 2.24) is 5.32 Å². The number of nitrogens with one attached hydrogen (secondary N) is 2. The number of ether oxygens (including phenoxy) is 2.